The summed E-state index contributed by atoms with van der Waals surface area (Å²) in [6.45, 7) is 2.05. The molecule has 2 N–H and O–H groups in total. The minimum absolute atomic E-state index is 0.618. The normalized spacial score (nSPS) is 22.8. The van der Waals surface area contributed by atoms with Gasteiger partial charge in [0.1, 0.15) is 0 Å². The van der Waals surface area contributed by atoms with Crippen LogP contribution < -0.4 is 10.6 Å². The molecule has 1 saturated heterocycles. The highest BCUT2D eigenvalue weighted by Crippen LogP contribution is 2.03. The molecule has 1 fully saturated rings. The third-order valence-corrected chi connectivity index (χ3v) is 2.23. The second-order valence-electron chi connectivity index (χ2n) is 3.22. The van der Waals surface area contributed by atoms with E-state index in [0.29, 0.717) is 6.04 Å². The Morgan fingerprint density at radius 2 is 2.08 bits per heavy atom. The number of rotatable bonds is 2. The van der Waals surface area contributed by atoms with E-state index in [4.69, 9.17) is 0 Å². The van der Waals surface area contributed by atoms with E-state index in [9.17, 15) is 0 Å². The molecule has 0 radical (unpaired) electrons. The van der Waals surface area contributed by atoms with Gasteiger partial charge in [-0.25, -0.2) is 0 Å². The molecule has 1 unspecified atom stereocenters. The van der Waals surface area contributed by atoms with Gasteiger partial charge in [0.25, 0.3) is 0 Å². The zero-order chi connectivity index (χ0) is 8.23. The second kappa shape index (κ2) is 3.70. The Morgan fingerprint density at radius 1 is 1.25 bits per heavy atom. The topological polar surface area (TPSA) is 24.1 Å². The molecule has 2 nitrogen and oxygen atoms in total. The van der Waals surface area contributed by atoms with E-state index >= 15 is 0 Å². The first-order valence-electron chi connectivity index (χ1n) is 4.43. The van der Waals surface area contributed by atoms with Gasteiger partial charge in [0.05, 0.1) is 0 Å². The van der Waals surface area contributed by atoms with Gasteiger partial charge in [0.15, 0.2) is 0 Å². The summed E-state index contributed by atoms with van der Waals surface area (Å²) in [5.41, 5.74) is 1.42. The summed E-state index contributed by atoms with van der Waals surface area (Å²) in [6, 6.07) is 11.2. The minimum atomic E-state index is 0.618. The van der Waals surface area contributed by atoms with Gasteiger partial charge in [0, 0.05) is 19.3 Å². The van der Waals surface area contributed by atoms with E-state index in [0.717, 1.165) is 19.6 Å². The molecule has 2 heteroatoms. The first-order chi connectivity index (χ1) is 5.95. The van der Waals surface area contributed by atoms with E-state index in [-0.39, 0.29) is 0 Å². The number of benzene rings is 1. The molecule has 12 heavy (non-hydrogen) atoms. The minimum Gasteiger partial charge on any atom is -0.303 e. The van der Waals surface area contributed by atoms with Crippen molar-refractivity contribution in [1.82, 2.24) is 10.6 Å². The Morgan fingerprint density at radius 3 is 2.75 bits per heavy atom. The number of hydrogen-bond acceptors (Lipinski definition) is 2. The molecular weight excluding hydrogens is 148 g/mol. The van der Waals surface area contributed by atoms with Crippen molar-refractivity contribution in [2.24, 2.45) is 0 Å². The van der Waals surface area contributed by atoms with E-state index in [2.05, 4.69) is 41.0 Å². The van der Waals surface area contributed by atoms with Gasteiger partial charge in [0.2, 0.25) is 0 Å². The highest BCUT2D eigenvalue weighted by molar-refractivity contribution is 5.16. The van der Waals surface area contributed by atoms with E-state index in [1.807, 2.05) is 0 Å². The lowest BCUT2D eigenvalue weighted by atomic mass is 10.1. The van der Waals surface area contributed by atoms with Crippen LogP contribution in [0.5, 0.6) is 0 Å². The lowest BCUT2D eigenvalue weighted by Crippen LogP contribution is -2.25. The van der Waals surface area contributed by atoms with Gasteiger partial charge in [-0.15, -0.1) is 0 Å². The zero-order valence-electron chi connectivity index (χ0n) is 7.09. The van der Waals surface area contributed by atoms with Crippen LogP contribution in [0.2, 0.25) is 0 Å². The fourth-order valence-corrected chi connectivity index (χ4v) is 1.58. The predicted molar refractivity (Wildman–Crippen MR) is 49.9 cm³/mol. The Bertz CT molecular complexity index is 227. The summed E-state index contributed by atoms with van der Waals surface area (Å²) in [7, 11) is 0. The number of nitrogens with one attached hydrogen (secondary N) is 2. The summed E-state index contributed by atoms with van der Waals surface area (Å²) in [6.07, 6.45) is 1.13. The Hall–Kier alpha value is -0.860. The average molecular weight is 162 g/mol. The van der Waals surface area contributed by atoms with Crippen molar-refractivity contribution < 1.29 is 0 Å². The smallest absolute Gasteiger partial charge is 0.0457 e. The monoisotopic (exact) mass is 162 g/mol. The fraction of sp³-hybridized carbons (Fsp3) is 0.400. The van der Waals surface area contributed by atoms with Crippen LogP contribution in [0.15, 0.2) is 30.3 Å². The quantitative estimate of drug-likeness (QED) is 0.670. The van der Waals surface area contributed by atoms with Crippen molar-refractivity contribution in [3.8, 4) is 0 Å². The van der Waals surface area contributed by atoms with Crippen LogP contribution in [0.4, 0.5) is 0 Å². The second-order valence-corrected chi connectivity index (χ2v) is 3.22. The van der Waals surface area contributed by atoms with Crippen molar-refractivity contribution in [3.63, 3.8) is 0 Å². The maximum absolute atomic E-state index is 3.39. The summed E-state index contributed by atoms with van der Waals surface area (Å²) in [5, 5.41) is 6.68. The Labute approximate surface area is 73.0 Å². The van der Waals surface area contributed by atoms with E-state index in [1.54, 1.807) is 0 Å². The molecule has 1 heterocycles. The van der Waals surface area contributed by atoms with Gasteiger partial charge in [-0.1, -0.05) is 30.3 Å². The van der Waals surface area contributed by atoms with Crippen LogP contribution in [-0.4, -0.2) is 19.3 Å². The molecule has 0 aromatic heterocycles. The van der Waals surface area contributed by atoms with Crippen molar-refractivity contribution in [2.75, 3.05) is 13.2 Å². The Kier molecular flexibility index (Phi) is 2.39. The summed E-state index contributed by atoms with van der Waals surface area (Å²) < 4.78 is 0. The molecule has 0 spiro atoms. The maximum atomic E-state index is 3.39. The lowest BCUT2D eigenvalue weighted by Gasteiger charge is -2.07. The number of hydrogen-bond donors (Lipinski definition) is 2. The Balaban J connectivity index is 1.94. The SMILES string of the molecule is c1ccc(CC2CNCN2)cc1. The van der Waals surface area contributed by atoms with E-state index in [1.165, 1.54) is 5.56 Å². The van der Waals surface area contributed by atoms with Gasteiger partial charge in [-0.3, -0.25) is 0 Å². The van der Waals surface area contributed by atoms with Crippen molar-refractivity contribution in [3.05, 3.63) is 35.9 Å². The molecule has 64 valence electrons. The molecule has 0 saturated carbocycles. The molecule has 0 amide bonds. The van der Waals surface area contributed by atoms with Crippen LogP contribution in [0.25, 0.3) is 0 Å². The van der Waals surface area contributed by atoms with Crippen LogP contribution >= 0.6 is 0 Å². The third-order valence-electron chi connectivity index (χ3n) is 2.23. The summed E-state index contributed by atoms with van der Waals surface area (Å²) in [4.78, 5) is 0. The van der Waals surface area contributed by atoms with Gasteiger partial charge in [-0.05, 0) is 12.0 Å². The van der Waals surface area contributed by atoms with Gasteiger partial charge < -0.3 is 10.6 Å². The molecule has 1 aliphatic rings. The van der Waals surface area contributed by atoms with Crippen LogP contribution in [0, 0.1) is 0 Å². The lowest BCUT2D eigenvalue weighted by molar-refractivity contribution is 0.629. The van der Waals surface area contributed by atoms with Crippen molar-refractivity contribution >= 4 is 0 Å². The first-order valence-corrected chi connectivity index (χ1v) is 4.43. The van der Waals surface area contributed by atoms with Crippen LogP contribution in [0.3, 0.4) is 0 Å². The van der Waals surface area contributed by atoms with Gasteiger partial charge in [-0.2, -0.15) is 0 Å². The molecule has 1 aromatic rings. The van der Waals surface area contributed by atoms with Crippen molar-refractivity contribution in [2.45, 2.75) is 12.5 Å². The summed E-state index contributed by atoms with van der Waals surface area (Å²) >= 11 is 0. The molecular formula is C10H14N2. The molecule has 2 rings (SSSR count). The fourth-order valence-electron chi connectivity index (χ4n) is 1.58. The van der Waals surface area contributed by atoms with E-state index < -0.39 is 0 Å². The largest absolute Gasteiger partial charge is 0.303 e. The first kappa shape index (κ1) is 7.77. The van der Waals surface area contributed by atoms with Crippen LogP contribution in [-0.2, 0) is 6.42 Å². The van der Waals surface area contributed by atoms with Crippen molar-refractivity contribution in [1.29, 1.82) is 0 Å². The van der Waals surface area contributed by atoms with Crippen LogP contribution in [0.1, 0.15) is 5.56 Å². The molecule has 1 aliphatic heterocycles. The highest BCUT2D eigenvalue weighted by Gasteiger charge is 2.12. The maximum Gasteiger partial charge on any atom is 0.0457 e. The zero-order valence-corrected chi connectivity index (χ0v) is 7.09. The third kappa shape index (κ3) is 1.84. The molecule has 0 aliphatic carbocycles. The van der Waals surface area contributed by atoms with Gasteiger partial charge >= 0.3 is 0 Å². The standard InChI is InChI=1S/C10H14N2/c1-2-4-9(5-3-1)6-10-7-11-8-12-10/h1-5,10-12H,6-8H2. The summed E-state index contributed by atoms with van der Waals surface area (Å²) in [5.74, 6) is 0. The molecule has 1 atom stereocenters. The molecule has 0 bridgehead atoms. The predicted octanol–water partition coefficient (Wildman–Crippen LogP) is 0.748. The highest BCUT2D eigenvalue weighted by atomic mass is 15.2. The average Bonchev–Trinajstić information content (AvgIpc) is 2.59. The molecule has 1 aromatic carbocycles.